The molecule has 0 aliphatic rings. The molecule has 50 heavy (non-hydrogen) atoms. The molecule has 0 unspecified atom stereocenters. The minimum atomic E-state index is 0.804. The second-order valence-electron chi connectivity index (χ2n) is 13.0. The number of fused-ring (bicyclic) bond motifs is 10. The Morgan fingerprint density at radius 1 is 0.440 bits per heavy atom. The van der Waals surface area contributed by atoms with Crippen LogP contribution in [0.2, 0.25) is 0 Å². The van der Waals surface area contributed by atoms with Crippen LogP contribution in [0.3, 0.4) is 0 Å². The van der Waals surface area contributed by atoms with Gasteiger partial charge in [-0.25, -0.2) is 9.97 Å². The molecule has 0 saturated carbocycles. The van der Waals surface area contributed by atoms with Gasteiger partial charge in [-0.15, -0.1) is 0 Å². The van der Waals surface area contributed by atoms with Gasteiger partial charge in [0.25, 0.3) is 0 Å². The third kappa shape index (κ3) is 3.93. The van der Waals surface area contributed by atoms with Crippen LogP contribution < -0.4 is 0 Å². The number of aromatic nitrogens is 3. The van der Waals surface area contributed by atoms with Gasteiger partial charge >= 0.3 is 0 Å². The summed E-state index contributed by atoms with van der Waals surface area (Å²) in [6.07, 6.45) is 0. The van der Waals surface area contributed by atoms with Crippen LogP contribution in [0, 0.1) is 0 Å². The standard InChI is InChI=1S/C46H27N3O/c1-2-12-29(13-3-1)44-46(48-39-20-9-8-19-38(39)47-44)49-40-27-31-15-5-4-14-30(31)25-36(40)35-18-10-17-34(45(35)49)32-22-23-41-37(26-32)43-33-16-7-6-11-28(33)21-24-42(43)50-41/h1-27H. The normalized spacial score (nSPS) is 12.0. The Balaban J connectivity index is 1.29. The summed E-state index contributed by atoms with van der Waals surface area (Å²) in [6, 6.07) is 57.8. The molecule has 3 heterocycles. The molecule has 0 aliphatic carbocycles. The fraction of sp³-hybridized carbons (Fsp3) is 0. The molecule has 4 heteroatoms. The molecule has 0 bridgehead atoms. The minimum Gasteiger partial charge on any atom is -0.456 e. The van der Waals surface area contributed by atoms with Crippen molar-refractivity contribution in [2.75, 3.05) is 0 Å². The zero-order valence-corrected chi connectivity index (χ0v) is 26.8. The Bertz CT molecular complexity index is 3150. The summed E-state index contributed by atoms with van der Waals surface area (Å²) < 4.78 is 8.75. The van der Waals surface area contributed by atoms with Crippen LogP contribution in [0.4, 0.5) is 0 Å². The van der Waals surface area contributed by atoms with E-state index in [-0.39, 0.29) is 0 Å². The quantitative estimate of drug-likeness (QED) is 0.194. The van der Waals surface area contributed by atoms with Gasteiger partial charge in [0.1, 0.15) is 16.9 Å². The van der Waals surface area contributed by atoms with E-state index in [0.717, 1.165) is 72.2 Å². The first-order valence-corrected chi connectivity index (χ1v) is 16.9. The van der Waals surface area contributed by atoms with Gasteiger partial charge in [0.2, 0.25) is 0 Å². The van der Waals surface area contributed by atoms with Crippen LogP contribution in [0.25, 0.3) is 105 Å². The smallest absolute Gasteiger partial charge is 0.165 e. The van der Waals surface area contributed by atoms with E-state index >= 15 is 0 Å². The lowest BCUT2D eigenvalue weighted by Crippen LogP contribution is -2.04. The summed E-state index contributed by atoms with van der Waals surface area (Å²) in [7, 11) is 0. The van der Waals surface area contributed by atoms with Crippen molar-refractivity contribution in [3.8, 4) is 28.2 Å². The predicted octanol–water partition coefficient (Wildman–Crippen LogP) is 12.3. The van der Waals surface area contributed by atoms with E-state index in [0.29, 0.717) is 0 Å². The lowest BCUT2D eigenvalue weighted by molar-refractivity contribution is 0.669. The van der Waals surface area contributed by atoms with Crippen molar-refractivity contribution in [3.05, 3.63) is 164 Å². The third-order valence-electron chi connectivity index (χ3n) is 10.1. The fourth-order valence-electron chi connectivity index (χ4n) is 7.86. The Morgan fingerprint density at radius 2 is 1.14 bits per heavy atom. The molecular formula is C46H27N3O. The number of furan rings is 1. The minimum absolute atomic E-state index is 0.804. The fourth-order valence-corrected chi connectivity index (χ4v) is 7.86. The summed E-state index contributed by atoms with van der Waals surface area (Å²) >= 11 is 0. The van der Waals surface area contributed by atoms with E-state index in [4.69, 9.17) is 14.4 Å². The molecule has 0 atom stereocenters. The van der Waals surface area contributed by atoms with Crippen LogP contribution in [0.5, 0.6) is 0 Å². The zero-order chi connectivity index (χ0) is 32.8. The molecular weight excluding hydrogens is 611 g/mol. The summed E-state index contributed by atoms with van der Waals surface area (Å²) in [5.74, 6) is 0.804. The SMILES string of the molecule is c1ccc(-c2nc3ccccc3nc2-n2c3cc4ccccc4cc3c3cccc(-c4ccc5oc6ccc7ccccc7c6c5c4)c32)cc1. The highest BCUT2D eigenvalue weighted by Gasteiger charge is 2.23. The van der Waals surface area contributed by atoms with Gasteiger partial charge in [-0.05, 0) is 69.6 Å². The second-order valence-corrected chi connectivity index (χ2v) is 13.0. The monoisotopic (exact) mass is 637 g/mol. The lowest BCUT2D eigenvalue weighted by atomic mass is 9.98. The number of hydrogen-bond donors (Lipinski definition) is 0. The van der Waals surface area contributed by atoms with Gasteiger partial charge in [-0.2, -0.15) is 0 Å². The first-order chi connectivity index (χ1) is 24.8. The van der Waals surface area contributed by atoms with E-state index < -0.39 is 0 Å². The largest absolute Gasteiger partial charge is 0.456 e. The number of benzene rings is 8. The van der Waals surface area contributed by atoms with E-state index in [9.17, 15) is 0 Å². The zero-order valence-electron chi connectivity index (χ0n) is 26.8. The first kappa shape index (κ1) is 27.2. The number of para-hydroxylation sites is 3. The predicted molar refractivity (Wildman–Crippen MR) is 207 cm³/mol. The van der Waals surface area contributed by atoms with Crippen LogP contribution >= 0.6 is 0 Å². The highest BCUT2D eigenvalue weighted by molar-refractivity contribution is 6.21. The number of rotatable bonds is 3. The third-order valence-corrected chi connectivity index (χ3v) is 10.1. The number of nitrogens with zero attached hydrogens (tertiary/aromatic N) is 3. The molecule has 3 aromatic heterocycles. The Labute approximate surface area is 286 Å². The molecule has 0 amide bonds. The Kier molecular flexibility index (Phi) is 5.63. The molecule has 0 N–H and O–H groups in total. The summed E-state index contributed by atoms with van der Waals surface area (Å²) in [4.78, 5) is 10.7. The van der Waals surface area contributed by atoms with Crippen LogP contribution in [-0.4, -0.2) is 14.5 Å². The van der Waals surface area contributed by atoms with Gasteiger partial charge in [0.15, 0.2) is 5.82 Å². The topological polar surface area (TPSA) is 43.9 Å². The molecule has 4 nitrogen and oxygen atoms in total. The molecule has 11 rings (SSSR count). The van der Waals surface area contributed by atoms with Crippen LogP contribution in [0.1, 0.15) is 0 Å². The van der Waals surface area contributed by atoms with Gasteiger partial charge in [0, 0.05) is 32.7 Å². The molecule has 0 fully saturated rings. The van der Waals surface area contributed by atoms with Crippen LogP contribution in [-0.2, 0) is 0 Å². The summed E-state index contributed by atoms with van der Waals surface area (Å²) in [5.41, 5.74) is 9.78. The van der Waals surface area contributed by atoms with Gasteiger partial charge in [-0.1, -0.05) is 121 Å². The number of hydrogen-bond acceptors (Lipinski definition) is 3. The second kappa shape index (κ2) is 10.4. The molecule has 232 valence electrons. The van der Waals surface area contributed by atoms with Crippen molar-refractivity contribution in [1.82, 2.24) is 14.5 Å². The maximum atomic E-state index is 6.41. The summed E-state index contributed by atoms with van der Waals surface area (Å²) in [6.45, 7) is 0. The molecule has 0 saturated heterocycles. The van der Waals surface area contributed by atoms with E-state index in [1.54, 1.807) is 0 Å². The maximum absolute atomic E-state index is 6.41. The molecule has 0 radical (unpaired) electrons. The molecule has 0 aliphatic heterocycles. The van der Waals surface area contributed by atoms with Gasteiger partial charge in [0.05, 0.1) is 22.1 Å². The maximum Gasteiger partial charge on any atom is 0.165 e. The average molecular weight is 638 g/mol. The molecule has 8 aromatic carbocycles. The van der Waals surface area contributed by atoms with Crippen molar-refractivity contribution in [1.29, 1.82) is 0 Å². The van der Waals surface area contributed by atoms with Gasteiger partial charge < -0.3 is 4.42 Å². The Morgan fingerprint density at radius 3 is 2.00 bits per heavy atom. The average Bonchev–Trinajstić information content (AvgIpc) is 3.72. The Hall–Kier alpha value is -6.78. The first-order valence-electron chi connectivity index (χ1n) is 16.9. The van der Waals surface area contributed by atoms with Crippen molar-refractivity contribution >= 4 is 76.3 Å². The van der Waals surface area contributed by atoms with Gasteiger partial charge in [-0.3, -0.25) is 4.57 Å². The van der Waals surface area contributed by atoms with Crippen molar-refractivity contribution in [2.24, 2.45) is 0 Å². The van der Waals surface area contributed by atoms with Crippen molar-refractivity contribution in [3.63, 3.8) is 0 Å². The van der Waals surface area contributed by atoms with E-state index in [1.807, 2.05) is 30.3 Å². The highest BCUT2D eigenvalue weighted by Crippen LogP contribution is 2.43. The molecule has 0 spiro atoms. The van der Waals surface area contributed by atoms with Crippen molar-refractivity contribution in [2.45, 2.75) is 0 Å². The van der Waals surface area contributed by atoms with Crippen LogP contribution in [0.15, 0.2) is 168 Å². The highest BCUT2D eigenvalue weighted by atomic mass is 16.3. The molecule has 11 aromatic rings. The summed E-state index contributed by atoms with van der Waals surface area (Å²) in [5, 5.41) is 9.37. The van der Waals surface area contributed by atoms with E-state index in [1.165, 1.54) is 32.3 Å². The lowest BCUT2D eigenvalue weighted by Gasteiger charge is -2.15. The van der Waals surface area contributed by atoms with E-state index in [2.05, 4.69) is 138 Å². The van der Waals surface area contributed by atoms with Crippen molar-refractivity contribution < 1.29 is 4.42 Å².